The van der Waals surface area contributed by atoms with Gasteiger partial charge in [0, 0.05) is 6.54 Å². The SMILES string of the molecule is CC(C)C1CCNc2nc(C(F)(F)F)nn21. The zero-order chi connectivity index (χ0) is 11.9. The maximum atomic E-state index is 12.4. The Morgan fingerprint density at radius 1 is 1.44 bits per heavy atom. The van der Waals surface area contributed by atoms with Crippen LogP contribution in [-0.4, -0.2) is 21.3 Å². The Balaban J connectivity index is 2.38. The third-order valence-electron chi connectivity index (χ3n) is 2.69. The Morgan fingerprint density at radius 3 is 2.69 bits per heavy atom. The zero-order valence-electron chi connectivity index (χ0n) is 9.04. The minimum atomic E-state index is -4.48. The molecule has 0 aromatic carbocycles. The fourth-order valence-corrected chi connectivity index (χ4v) is 1.87. The van der Waals surface area contributed by atoms with Crippen LogP contribution in [0.15, 0.2) is 0 Å². The molecule has 0 radical (unpaired) electrons. The average molecular weight is 234 g/mol. The first-order chi connectivity index (χ1) is 7.39. The minimum Gasteiger partial charge on any atom is -0.354 e. The van der Waals surface area contributed by atoms with Crippen LogP contribution in [0.5, 0.6) is 0 Å². The molecule has 7 heteroatoms. The van der Waals surface area contributed by atoms with E-state index in [1.807, 2.05) is 13.8 Å². The number of alkyl halides is 3. The molecule has 0 spiro atoms. The van der Waals surface area contributed by atoms with Gasteiger partial charge in [-0.2, -0.15) is 18.2 Å². The summed E-state index contributed by atoms with van der Waals surface area (Å²) in [5.74, 6) is -0.608. The number of nitrogens with zero attached hydrogens (tertiary/aromatic N) is 3. The van der Waals surface area contributed by atoms with Crippen molar-refractivity contribution in [3.63, 3.8) is 0 Å². The molecule has 90 valence electrons. The highest BCUT2D eigenvalue weighted by molar-refractivity contribution is 5.28. The molecule has 16 heavy (non-hydrogen) atoms. The van der Waals surface area contributed by atoms with Gasteiger partial charge in [-0.25, -0.2) is 4.68 Å². The van der Waals surface area contributed by atoms with Crippen molar-refractivity contribution in [2.75, 3.05) is 11.9 Å². The topological polar surface area (TPSA) is 42.7 Å². The first-order valence-electron chi connectivity index (χ1n) is 5.17. The van der Waals surface area contributed by atoms with Crippen molar-refractivity contribution in [3.05, 3.63) is 5.82 Å². The Hall–Kier alpha value is -1.27. The summed E-state index contributed by atoms with van der Waals surface area (Å²) in [4.78, 5) is 3.47. The molecular weight excluding hydrogens is 221 g/mol. The number of hydrogen-bond donors (Lipinski definition) is 1. The Bertz CT molecular complexity index is 383. The van der Waals surface area contributed by atoms with Crippen LogP contribution >= 0.6 is 0 Å². The maximum absolute atomic E-state index is 12.4. The standard InChI is InChI=1S/C9H13F3N4/c1-5(2)6-3-4-13-8-14-7(9(10,11)12)15-16(6)8/h5-6H,3-4H2,1-2H3,(H,13,14,15). The van der Waals surface area contributed by atoms with Gasteiger partial charge >= 0.3 is 6.18 Å². The number of hydrogen-bond acceptors (Lipinski definition) is 3. The number of anilines is 1. The van der Waals surface area contributed by atoms with Gasteiger partial charge in [0.2, 0.25) is 5.95 Å². The highest BCUT2D eigenvalue weighted by Crippen LogP contribution is 2.32. The fourth-order valence-electron chi connectivity index (χ4n) is 1.87. The normalized spacial score (nSPS) is 20.8. The fraction of sp³-hybridized carbons (Fsp3) is 0.778. The van der Waals surface area contributed by atoms with Crippen molar-refractivity contribution in [2.45, 2.75) is 32.5 Å². The quantitative estimate of drug-likeness (QED) is 0.810. The molecule has 2 rings (SSSR count). The van der Waals surface area contributed by atoms with Crippen molar-refractivity contribution in [1.29, 1.82) is 0 Å². The van der Waals surface area contributed by atoms with E-state index in [0.29, 0.717) is 6.54 Å². The predicted molar refractivity (Wildman–Crippen MR) is 52.0 cm³/mol. The lowest BCUT2D eigenvalue weighted by molar-refractivity contribution is -0.145. The molecule has 1 unspecified atom stereocenters. The zero-order valence-corrected chi connectivity index (χ0v) is 9.04. The van der Waals surface area contributed by atoms with Crippen molar-refractivity contribution in [1.82, 2.24) is 14.8 Å². The lowest BCUT2D eigenvalue weighted by Crippen LogP contribution is -2.27. The molecular formula is C9H13F3N4. The second-order valence-electron chi connectivity index (χ2n) is 4.23. The van der Waals surface area contributed by atoms with Crippen molar-refractivity contribution in [3.8, 4) is 0 Å². The van der Waals surface area contributed by atoms with Crippen LogP contribution in [0.1, 0.15) is 32.1 Å². The van der Waals surface area contributed by atoms with Crippen LogP contribution in [0.3, 0.4) is 0 Å². The molecule has 0 saturated heterocycles. The van der Waals surface area contributed by atoms with Gasteiger partial charge in [0.25, 0.3) is 5.82 Å². The molecule has 0 amide bonds. The predicted octanol–water partition coefficient (Wildman–Crippen LogP) is 2.31. The number of nitrogens with one attached hydrogen (secondary N) is 1. The van der Waals surface area contributed by atoms with E-state index < -0.39 is 12.0 Å². The lowest BCUT2D eigenvalue weighted by atomic mass is 10.0. The van der Waals surface area contributed by atoms with Crippen molar-refractivity contribution in [2.24, 2.45) is 5.92 Å². The molecule has 0 saturated carbocycles. The molecule has 0 aliphatic carbocycles. The molecule has 1 aromatic heterocycles. The minimum absolute atomic E-state index is 0.0140. The van der Waals surface area contributed by atoms with E-state index in [4.69, 9.17) is 0 Å². The first-order valence-corrected chi connectivity index (χ1v) is 5.17. The van der Waals surface area contributed by atoms with Crippen LogP contribution in [-0.2, 0) is 6.18 Å². The van der Waals surface area contributed by atoms with Gasteiger partial charge in [-0.1, -0.05) is 13.8 Å². The van der Waals surface area contributed by atoms with E-state index in [2.05, 4.69) is 15.4 Å². The number of rotatable bonds is 1. The van der Waals surface area contributed by atoms with Gasteiger partial charge in [0.1, 0.15) is 0 Å². The summed E-state index contributed by atoms with van der Waals surface area (Å²) in [6, 6.07) is -0.0140. The maximum Gasteiger partial charge on any atom is 0.453 e. The summed E-state index contributed by atoms with van der Waals surface area (Å²) in [7, 11) is 0. The molecule has 4 nitrogen and oxygen atoms in total. The third-order valence-corrected chi connectivity index (χ3v) is 2.69. The largest absolute Gasteiger partial charge is 0.453 e. The highest BCUT2D eigenvalue weighted by atomic mass is 19.4. The van der Waals surface area contributed by atoms with E-state index in [1.165, 1.54) is 4.68 Å². The van der Waals surface area contributed by atoms with Crippen molar-refractivity contribution < 1.29 is 13.2 Å². The van der Waals surface area contributed by atoms with Gasteiger partial charge in [-0.3, -0.25) is 0 Å². The number of halogens is 3. The summed E-state index contributed by atoms with van der Waals surface area (Å²) >= 11 is 0. The summed E-state index contributed by atoms with van der Waals surface area (Å²) in [6.07, 6.45) is -3.71. The summed E-state index contributed by atoms with van der Waals surface area (Å²) in [5, 5.41) is 6.37. The molecule has 0 bridgehead atoms. The second kappa shape index (κ2) is 3.64. The number of aromatic nitrogens is 3. The van der Waals surface area contributed by atoms with E-state index in [1.54, 1.807) is 0 Å². The highest BCUT2D eigenvalue weighted by Gasteiger charge is 2.38. The first kappa shape index (κ1) is 11.2. The molecule has 0 fully saturated rings. The van der Waals surface area contributed by atoms with E-state index in [-0.39, 0.29) is 17.9 Å². The average Bonchev–Trinajstić information content (AvgIpc) is 2.59. The molecule has 1 aromatic rings. The van der Waals surface area contributed by atoms with Gasteiger partial charge in [-0.05, 0) is 12.3 Å². The van der Waals surface area contributed by atoms with Gasteiger partial charge in [0.05, 0.1) is 6.04 Å². The Morgan fingerprint density at radius 2 is 2.12 bits per heavy atom. The van der Waals surface area contributed by atoms with Crippen LogP contribution < -0.4 is 5.32 Å². The molecule has 2 heterocycles. The monoisotopic (exact) mass is 234 g/mol. The second-order valence-corrected chi connectivity index (χ2v) is 4.23. The lowest BCUT2D eigenvalue weighted by Gasteiger charge is -2.27. The van der Waals surface area contributed by atoms with E-state index >= 15 is 0 Å². The van der Waals surface area contributed by atoms with Crippen LogP contribution in [0.4, 0.5) is 19.1 Å². The Kier molecular flexibility index (Phi) is 2.55. The Labute approximate surface area is 90.9 Å². The van der Waals surface area contributed by atoms with Crippen molar-refractivity contribution >= 4 is 5.95 Å². The van der Waals surface area contributed by atoms with E-state index in [9.17, 15) is 13.2 Å². The van der Waals surface area contributed by atoms with Gasteiger partial charge in [-0.15, -0.1) is 5.10 Å². The molecule has 1 aliphatic rings. The van der Waals surface area contributed by atoms with Gasteiger partial charge in [0.15, 0.2) is 0 Å². The number of fused-ring (bicyclic) bond motifs is 1. The smallest absolute Gasteiger partial charge is 0.354 e. The van der Waals surface area contributed by atoms with Crippen LogP contribution in [0, 0.1) is 5.92 Å². The summed E-state index contributed by atoms with van der Waals surface area (Å²) in [5.41, 5.74) is 0. The van der Waals surface area contributed by atoms with Crippen LogP contribution in [0.2, 0.25) is 0 Å². The molecule has 1 atom stereocenters. The molecule has 1 aliphatic heterocycles. The van der Waals surface area contributed by atoms with E-state index in [0.717, 1.165) is 6.42 Å². The molecule has 1 N–H and O–H groups in total. The van der Waals surface area contributed by atoms with Gasteiger partial charge < -0.3 is 5.32 Å². The summed E-state index contributed by atoms with van der Waals surface area (Å²) in [6.45, 7) is 4.57. The third kappa shape index (κ3) is 1.85. The van der Waals surface area contributed by atoms with Crippen LogP contribution in [0.25, 0.3) is 0 Å². The summed E-state index contributed by atoms with van der Waals surface area (Å²) < 4.78 is 38.7.